The van der Waals surface area contributed by atoms with Crippen LogP contribution in [-0.4, -0.2) is 46.0 Å². The summed E-state index contributed by atoms with van der Waals surface area (Å²) in [4.78, 5) is 46.7. The molecule has 11 heteroatoms. The van der Waals surface area contributed by atoms with Crippen LogP contribution in [0.25, 0.3) is 0 Å². The predicted octanol–water partition coefficient (Wildman–Crippen LogP) is 4.79. The number of halogens is 3. The van der Waals surface area contributed by atoms with Crippen LogP contribution in [-0.2, 0) is 17.9 Å². The van der Waals surface area contributed by atoms with E-state index in [1.54, 1.807) is 6.07 Å². The van der Waals surface area contributed by atoms with Crippen LogP contribution < -0.4 is 14.7 Å². The van der Waals surface area contributed by atoms with E-state index in [-0.39, 0.29) is 11.1 Å². The summed E-state index contributed by atoms with van der Waals surface area (Å²) in [5.74, 6) is -3.48. The lowest BCUT2D eigenvalue weighted by Crippen LogP contribution is -2.55. The lowest BCUT2D eigenvalue weighted by Gasteiger charge is -2.32. The second-order valence-electron chi connectivity index (χ2n) is 10.3. The number of aromatic nitrogens is 1. The van der Waals surface area contributed by atoms with Crippen LogP contribution in [0.4, 0.5) is 19.0 Å². The maximum Gasteiger partial charge on any atom is 0.573 e. The van der Waals surface area contributed by atoms with Crippen molar-refractivity contribution in [2.75, 3.05) is 4.90 Å². The Balaban J connectivity index is 1.38. The Hall–Kier alpha value is -5.19. The zero-order valence-electron chi connectivity index (χ0n) is 23.3. The van der Waals surface area contributed by atoms with Gasteiger partial charge in [0.05, 0.1) is 5.97 Å². The van der Waals surface area contributed by atoms with E-state index in [4.69, 9.17) is 0 Å². The third kappa shape index (κ3) is 7.60. The molecule has 0 saturated heterocycles. The first kappa shape index (κ1) is 30.3. The summed E-state index contributed by atoms with van der Waals surface area (Å²) in [5.41, 5.74) is 1.95. The molecule has 1 unspecified atom stereocenters. The topological polar surface area (TPSA) is 103 Å². The van der Waals surface area contributed by atoms with Crippen molar-refractivity contribution in [2.24, 2.45) is 0 Å². The van der Waals surface area contributed by atoms with Gasteiger partial charge in [0, 0.05) is 36.5 Å². The molecule has 1 amide bonds. The minimum atomic E-state index is -4.91. The summed E-state index contributed by atoms with van der Waals surface area (Å²) < 4.78 is 41.5. The summed E-state index contributed by atoms with van der Waals surface area (Å²) in [6.07, 6.45) is -2.72. The van der Waals surface area contributed by atoms with Gasteiger partial charge in [-0.15, -0.1) is 13.2 Å². The van der Waals surface area contributed by atoms with E-state index in [0.717, 1.165) is 40.3 Å². The Bertz CT molecular complexity index is 1550. The van der Waals surface area contributed by atoms with Gasteiger partial charge >= 0.3 is 6.36 Å². The molecular weight excluding hydrogens is 575 g/mol. The van der Waals surface area contributed by atoms with Gasteiger partial charge in [0.15, 0.2) is 5.78 Å². The SMILES string of the molecule is O=C([O-])C(C(=O)c1ccc(N(Cc2ccccc2)Cc2ccccc2)nc1)N(C(=O)c1ccc(OC(F)(F)F)cc1)C1CC1. The zero-order valence-corrected chi connectivity index (χ0v) is 23.3. The molecule has 1 aliphatic carbocycles. The average molecular weight is 603 g/mol. The van der Waals surface area contributed by atoms with Crippen molar-refractivity contribution < 1.29 is 37.4 Å². The van der Waals surface area contributed by atoms with E-state index in [1.807, 2.05) is 65.6 Å². The lowest BCUT2D eigenvalue weighted by atomic mass is 10.0. The Kier molecular flexibility index (Phi) is 8.94. The maximum atomic E-state index is 13.6. The Morgan fingerprint density at radius 3 is 1.82 bits per heavy atom. The van der Waals surface area contributed by atoms with Crippen LogP contribution in [0.2, 0.25) is 0 Å². The van der Waals surface area contributed by atoms with Crippen molar-refractivity contribution >= 4 is 23.5 Å². The summed E-state index contributed by atoms with van der Waals surface area (Å²) >= 11 is 0. The summed E-state index contributed by atoms with van der Waals surface area (Å²) in [6, 6.07) is 24.2. The smallest absolute Gasteiger partial charge is 0.547 e. The minimum absolute atomic E-state index is 0.0327. The molecule has 226 valence electrons. The molecule has 1 aromatic heterocycles. The number of carbonyl (C=O) groups is 3. The van der Waals surface area contributed by atoms with E-state index in [1.165, 1.54) is 12.3 Å². The molecular formula is C33H27F3N3O5-. The number of Topliss-reactive ketones (excluding diaryl/α,β-unsaturated/α-hetero) is 1. The number of ether oxygens (including phenoxy) is 1. The van der Waals surface area contributed by atoms with Crippen molar-refractivity contribution in [1.29, 1.82) is 0 Å². The average Bonchev–Trinajstić information content (AvgIpc) is 3.85. The highest BCUT2D eigenvalue weighted by Crippen LogP contribution is 2.32. The molecule has 1 aliphatic rings. The van der Waals surface area contributed by atoms with Crippen LogP contribution in [0, 0.1) is 0 Å². The number of hydrogen-bond acceptors (Lipinski definition) is 7. The fourth-order valence-corrected chi connectivity index (χ4v) is 4.84. The van der Waals surface area contributed by atoms with Crippen LogP contribution in [0.1, 0.15) is 44.7 Å². The number of rotatable bonds is 12. The van der Waals surface area contributed by atoms with Gasteiger partial charge in [-0.05, 0) is 60.4 Å². The molecule has 0 aliphatic heterocycles. The molecule has 5 rings (SSSR count). The number of amides is 1. The molecule has 1 fully saturated rings. The first-order valence-corrected chi connectivity index (χ1v) is 13.8. The van der Waals surface area contributed by atoms with E-state index in [2.05, 4.69) is 9.72 Å². The van der Waals surface area contributed by atoms with Crippen molar-refractivity contribution in [3.8, 4) is 5.75 Å². The fraction of sp³-hybridized carbons (Fsp3) is 0.212. The number of benzene rings is 3. The summed E-state index contributed by atoms with van der Waals surface area (Å²) in [7, 11) is 0. The largest absolute Gasteiger partial charge is 0.573 e. The fourth-order valence-electron chi connectivity index (χ4n) is 4.84. The number of hydrogen-bond donors (Lipinski definition) is 0. The predicted molar refractivity (Wildman–Crippen MR) is 152 cm³/mol. The quantitative estimate of drug-likeness (QED) is 0.170. The number of carboxylic acids is 1. The Morgan fingerprint density at radius 1 is 0.818 bits per heavy atom. The van der Waals surface area contributed by atoms with E-state index >= 15 is 0 Å². The third-order valence-electron chi connectivity index (χ3n) is 7.05. The summed E-state index contributed by atoms with van der Waals surface area (Å²) in [5, 5.41) is 12.3. The van der Waals surface area contributed by atoms with Gasteiger partial charge in [0.1, 0.15) is 17.6 Å². The van der Waals surface area contributed by atoms with E-state index in [9.17, 15) is 32.7 Å². The van der Waals surface area contributed by atoms with Gasteiger partial charge in [-0.25, -0.2) is 4.98 Å². The Morgan fingerprint density at radius 2 is 1.36 bits per heavy atom. The second kappa shape index (κ2) is 13.0. The van der Waals surface area contributed by atoms with E-state index in [0.29, 0.717) is 31.7 Å². The first-order chi connectivity index (χ1) is 21.1. The minimum Gasteiger partial charge on any atom is -0.547 e. The van der Waals surface area contributed by atoms with Gasteiger partial charge in [-0.2, -0.15) is 0 Å². The lowest BCUT2D eigenvalue weighted by molar-refractivity contribution is -0.308. The molecule has 1 saturated carbocycles. The molecule has 3 aromatic carbocycles. The van der Waals surface area contributed by atoms with Crippen molar-refractivity contribution in [1.82, 2.24) is 9.88 Å². The molecule has 0 spiro atoms. The number of ketones is 1. The summed E-state index contributed by atoms with van der Waals surface area (Å²) in [6.45, 7) is 1.04. The van der Waals surface area contributed by atoms with E-state index < -0.39 is 41.9 Å². The third-order valence-corrected chi connectivity index (χ3v) is 7.05. The van der Waals surface area contributed by atoms with Gasteiger partial charge in [0.25, 0.3) is 5.91 Å². The molecule has 0 N–H and O–H groups in total. The van der Waals surface area contributed by atoms with Gasteiger partial charge < -0.3 is 24.4 Å². The first-order valence-electron chi connectivity index (χ1n) is 13.8. The van der Waals surface area contributed by atoms with Crippen LogP contribution >= 0.6 is 0 Å². The van der Waals surface area contributed by atoms with Gasteiger partial charge in [0.2, 0.25) is 0 Å². The molecule has 0 radical (unpaired) electrons. The molecule has 0 bridgehead atoms. The number of carbonyl (C=O) groups excluding carboxylic acids is 3. The molecule has 8 nitrogen and oxygen atoms in total. The molecule has 4 aromatic rings. The number of aliphatic carboxylic acids is 1. The van der Waals surface area contributed by atoms with Crippen molar-refractivity contribution in [3.63, 3.8) is 0 Å². The van der Waals surface area contributed by atoms with Crippen LogP contribution in [0.15, 0.2) is 103 Å². The number of alkyl halides is 3. The van der Waals surface area contributed by atoms with Crippen LogP contribution in [0.5, 0.6) is 5.75 Å². The standard InChI is InChI=1S/C33H28F3N3O5/c34-33(35,36)44-27-16-11-24(12-17-27)31(41)39(26-14-15-26)29(32(42)43)30(40)25-13-18-28(37-19-25)38(20-22-7-3-1-4-8-22)21-23-9-5-2-6-10-23/h1-13,16-19,26,29H,14-15,20-21H2,(H,42,43)/p-1. The molecule has 1 heterocycles. The van der Waals surface area contributed by atoms with Gasteiger partial charge in [-0.3, -0.25) is 9.59 Å². The number of anilines is 1. The maximum absolute atomic E-state index is 13.6. The monoisotopic (exact) mass is 602 g/mol. The van der Waals surface area contributed by atoms with Crippen molar-refractivity contribution in [3.05, 3.63) is 126 Å². The molecule has 1 atom stereocenters. The number of carboxylic acid groups (broad SMARTS) is 1. The van der Waals surface area contributed by atoms with Gasteiger partial charge in [-0.1, -0.05) is 60.7 Å². The highest BCUT2D eigenvalue weighted by atomic mass is 19.4. The second-order valence-corrected chi connectivity index (χ2v) is 10.3. The Labute approximate surface area is 251 Å². The highest BCUT2D eigenvalue weighted by molar-refractivity contribution is 6.14. The zero-order chi connectivity index (χ0) is 31.3. The number of pyridine rings is 1. The number of nitrogens with zero attached hydrogens (tertiary/aromatic N) is 3. The van der Waals surface area contributed by atoms with Crippen LogP contribution in [0.3, 0.4) is 0 Å². The molecule has 44 heavy (non-hydrogen) atoms. The normalized spacial score (nSPS) is 13.5. The van der Waals surface area contributed by atoms with Crippen molar-refractivity contribution in [2.45, 2.75) is 44.4 Å². The highest BCUT2D eigenvalue weighted by Gasteiger charge is 2.42.